The van der Waals surface area contributed by atoms with Gasteiger partial charge in [-0.3, -0.25) is 0 Å². The lowest BCUT2D eigenvalue weighted by Crippen LogP contribution is -1.82. The first kappa shape index (κ1) is 9.48. The predicted molar refractivity (Wildman–Crippen MR) is 65.2 cm³/mol. The van der Waals surface area contributed by atoms with Crippen LogP contribution in [0.25, 0.3) is 21.8 Å². The summed E-state index contributed by atoms with van der Waals surface area (Å²) in [6.45, 7) is 0. The minimum Gasteiger partial charge on any atom is -0.496 e. The molecule has 0 aliphatic carbocycles. The number of aromatic amines is 1. The van der Waals surface area contributed by atoms with Crippen LogP contribution in [0.1, 0.15) is 0 Å². The van der Waals surface area contributed by atoms with E-state index in [4.69, 9.17) is 16.3 Å². The molecule has 0 fully saturated rings. The third-order valence-electron chi connectivity index (χ3n) is 2.66. The maximum absolute atomic E-state index is 5.91. The Labute approximate surface area is 97.0 Å². The van der Waals surface area contributed by atoms with E-state index in [-0.39, 0.29) is 0 Å². The Balaban J connectivity index is 2.54. The van der Waals surface area contributed by atoms with Gasteiger partial charge in [-0.25, -0.2) is 4.98 Å². The molecule has 0 saturated carbocycles. The first-order valence-electron chi connectivity index (χ1n) is 4.89. The van der Waals surface area contributed by atoms with Gasteiger partial charge in [0.15, 0.2) is 0 Å². The molecule has 1 aromatic carbocycles. The summed E-state index contributed by atoms with van der Waals surface area (Å²) < 4.78 is 5.35. The van der Waals surface area contributed by atoms with Crippen molar-refractivity contribution < 1.29 is 4.74 Å². The molecule has 80 valence electrons. The van der Waals surface area contributed by atoms with Gasteiger partial charge in [0, 0.05) is 10.8 Å². The van der Waals surface area contributed by atoms with Gasteiger partial charge in [-0.15, -0.1) is 0 Å². The molecule has 2 heterocycles. The van der Waals surface area contributed by atoms with Gasteiger partial charge in [-0.05, 0) is 18.2 Å². The molecule has 16 heavy (non-hydrogen) atoms. The summed E-state index contributed by atoms with van der Waals surface area (Å²) in [5.41, 5.74) is 1.99. The van der Waals surface area contributed by atoms with Gasteiger partial charge < -0.3 is 9.72 Å². The van der Waals surface area contributed by atoms with Gasteiger partial charge in [-0.2, -0.15) is 0 Å². The highest BCUT2D eigenvalue weighted by Crippen LogP contribution is 2.33. The maximum Gasteiger partial charge on any atom is 0.129 e. The van der Waals surface area contributed by atoms with Crippen molar-refractivity contribution in [3.8, 4) is 5.75 Å². The first-order chi connectivity index (χ1) is 7.79. The number of nitrogens with one attached hydrogen (secondary N) is 1. The van der Waals surface area contributed by atoms with Crippen molar-refractivity contribution in [2.45, 2.75) is 0 Å². The summed E-state index contributed by atoms with van der Waals surface area (Å²) in [6, 6.07) is 7.74. The molecule has 0 radical (unpaired) electrons. The zero-order valence-electron chi connectivity index (χ0n) is 8.62. The Bertz CT molecular complexity index is 675. The second kappa shape index (κ2) is 3.39. The van der Waals surface area contributed by atoms with E-state index >= 15 is 0 Å². The SMILES string of the molecule is COc1cccc2[nH]c3cnc(Cl)cc3c12. The third kappa shape index (κ3) is 1.25. The predicted octanol–water partition coefficient (Wildman–Crippen LogP) is 3.38. The summed E-state index contributed by atoms with van der Waals surface area (Å²) >= 11 is 5.91. The highest BCUT2D eigenvalue weighted by atomic mass is 35.5. The van der Waals surface area contributed by atoms with Crippen LogP contribution in [0.3, 0.4) is 0 Å². The lowest BCUT2D eigenvalue weighted by atomic mass is 10.2. The lowest BCUT2D eigenvalue weighted by molar-refractivity contribution is 0.420. The number of benzene rings is 1. The second-order valence-electron chi connectivity index (χ2n) is 3.56. The van der Waals surface area contributed by atoms with E-state index in [1.54, 1.807) is 13.3 Å². The van der Waals surface area contributed by atoms with E-state index in [0.29, 0.717) is 5.15 Å². The smallest absolute Gasteiger partial charge is 0.129 e. The minimum absolute atomic E-state index is 0.485. The van der Waals surface area contributed by atoms with Gasteiger partial charge in [0.2, 0.25) is 0 Å². The number of methoxy groups -OCH3 is 1. The van der Waals surface area contributed by atoms with Crippen LogP contribution in [0.15, 0.2) is 30.5 Å². The zero-order valence-corrected chi connectivity index (χ0v) is 9.38. The Morgan fingerprint density at radius 1 is 1.31 bits per heavy atom. The number of rotatable bonds is 1. The second-order valence-corrected chi connectivity index (χ2v) is 3.95. The number of nitrogens with zero attached hydrogens (tertiary/aromatic N) is 1. The van der Waals surface area contributed by atoms with Crippen LogP contribution in [0, 0.1) is 0 Å². The molecule has 0 aliphatic heterocycles. The number of ether oxygens (including phenoxy) is 1. The van der Waals surface area contributed by atoms with E-state index in [0.717, 1.165) is 27.6 Å². The molecular formula is C12H9ClN2O. The van der Waals surface area contributed by atoms with Crippen LogP contribution >= 0.6 is 11.6 Å². The number of halogens is 1. The van der Waals surface area contributed by atoms with E-state index in [9.17, 15) is 0 Å². The van der Waals surface area contributed by atoms with Crippen molar-refractivity contribution in [2.24, 2.45) is 0 Å². The van der Waals surface area contributed by atoms with Crippen molar-refractivity contribution in [1.29, 1.82) is 0 Å². The quantitative estimate of drug-likeness (QED) is 0.653. The van der Waals surface area contributed by atoms with Crippen LogP contribution in [-0.4, -0.2) is 17.1 Å². The van der Waals surface area contributed by atoms with Crippen molar-refractivity contribution >= 4 is 33.4 Å². The molecule has 4 heteroatoms. The summed E-state index contributed by atoms with van der Waals surface area (Å²) in [6.07, 6.45) is 1.73. The van der Waals surface area contributed by atoms with Gasteiger partial charge in [0.1, 0.15) is 10.9 Å². The highest BCUT2D eigenvalue weighted by molar-refractivity contribution is 6.30. The first-order valence-corrected chi connectivity index (χ1v) is 5.27. The van der Waals surface area contributed by atoms with Crippen molar-refractivity contribution in [3.05, 3.63) is 35.6 Å². The molecule has 3 aromatic rings. The van der Waals surface area contributed by atoms with E-state index in [1.807, 2.05) is 24.3 Å². The Hall–Kier alpha value is -1.74. The molecule has 0 aliphatic rings. The summed E-state index contributed by atoms with van der Waals surface area (Å²) in [7, 11) is 1.66. The average molecular weight is 233 g/mol. The van der Waals surface area contributed by atoms with E-state index in [2.05, 4.69) is 9.97 Å². The van der Waals surface area contributed by atoms with Crippen LogP contribution in [-0.2, 0) is 0 Å². The summed E-state index contributed by atoms with van der Waals surface area (Å²) in [5.74, 6) is 0.839. The average Bonchev–Trinajstić information content (AvgIpc) is 2.66. The molecule has 0 spiro atoms. The Morgan fingerprint density at radius 2 is 2.19 bits per heavy atom. The fourth-order valence-electron chi connectivity index (χ4n) is 1.96. The zero-order chi connectivity index (χ0) is 11.1. The van der Waals surface area contributed by atoms with Gasteiger partial charge in [0.25, 0.3) is 0 Å². The molecule has 0 unspecified atom stereocenters. The molecular weight excluding hydrogens is 224 g/mol. The van der Waals surface area contributed by atoms with E-state index < -0.39 is 0 Å². The fourth-order valence-corrected chi connectivity index (χ4v) is 2.12. The molecule has 2 aromatic heterocycles. The van der Waals surface area contributed by atoms with Crippen molar-refractivity contribution in [1.82, 2.24) is 9.97 Å². The Morgan fingerprint density at radius 3 is 3.00 bits per heavy atom. The number of fused-ring (bicyclic) bond motifs is 3. The van der Waals surface area contributed by atoms with Crippen LogP contribution in [0.5, 0.6) is 5.75 Å². The highest BCUT2D eigenvalue weighted by Gasteiger charge is 2.09. The van der Waals surface area contributed by atoms with Crippen LogP contribution in [0.4, 0.5) is 0 Å². The summed E-state index contributed by atoms with van der Waals surface area (Å²) in [5, 5.41) is 2.57. The molecule has 0 bridgehead atoms. The largest absolute Gasteiger partial charge is 0.496 e. The van der Waals surface area contributed by atoms with Crippen molar-refractivity contribution in [3.63, 3.8) is 0 Å². The number of aromatic nitrogens is 2. The van der Waals surface area contributed by atoms with Crippen LogP contribution in [0.2, 0.25) is 5.15 Å². The van der Waals surface area contributed by atoms with Gasteiger partial charge in [-0.1, -0.05) is 17.7 Å². The number of hydrogen-bond acceptors (Lipinski definition) is 2. The van der Waals surface area contributed by atoms with Gasteiger partial charge >= 0.3 is 0 Å². The maximum atomic E-state index is 5.91. The van der Waals surface area contributed by atoms with Crippen molar-refractivity contribution in [2.75, 3.05) is 7.11 Å². The third-order valence-corrected chi connectivity index (χ3v) is 2.86. The van der Waals surface area contributed by atoms with Crippen LogP contribution < -0.4 is 4.74 Å². The standard InChI is InChI=1S/C12H9ClN2O/c1-16-10-4-2-3-8-12(10)7-5-11(13)14-6-9(7)15-8/h2-6,15H,1H3. The molecule has 1 N–H and O–H groups in total. The molecule has 0 amide bonds. The number of pyridine rings is 1. The molecule has 3 nitrogen and oxygen atoms in total. The molecule has 3 rings (SSSR count). The number of H-pyrrole nitrogens is 1. The molecule has 0 atom stereocenters. The monoisotopic (exact) mass is 232 g/mol. The topological polar surface area (TPSA) is 37.9 Å². The van der Waals surface area contributed by atoms with Gasteiger partial charge in [0.05, 0.1) is 24.3 Å². The van der Waals surface area contributed by atoms with E-state index in [1.165, 1.54) is 0 Å². The Kier molecular flexibility index (Phi) is 2.01. The normalized spacial score (nSPS) is 11.1. The minimum atomic E-state index is 0.485. The number of hydrogen-bond donors (Lipinski definition) is 1. The lowest BCUT2D eigenvalue weighted by Gasteiger charge is -2.01. The molecule has 0 saturated heterocycles. The summed E-state index contributed by atoms with van der Waals surface area (Å²) in [4.78, 5) is 7.33. The fraction of sp³-hybridized carbons (Fsp3) is 0.0833.